The Morgan fingerprint density at radius 1 is 1.35 bits per heavy atom. The van der Waals surface area contributed by atoms with E-state index in [-0.39, 0.29) is 5.91 Å². The van der Waals surface area contributed by atoms with Gasteiger partial charge in [0.1, 0.15) is 5.75 Å². The van der Waals surface area contributed by atoms with E-state index in [0.29, 0.717) is 6.54 Å². The molecular formula is C19H23NO2S. The maximum Gasteiger partial charge on any atom is 0.263 e. The van der Waals surface area contributed by atoms with E-state index in [1.54, 1.807) is 23.3 Å². The van der Waals surface area contributed by atoms with Gasteiger partial charge in [0.05, 0.1) is 12.0 Å². The Morgan fingerprint density at radius 2 is 2.09 bits per heavy atom. The fourth-order valence-corrected chi connectivity index (χ4v) is 4.28. The predicted molar refractivity (Wildman–Crippen MR) is 94.3 cm³/mol. The Morgan fingerprint density at radius 3 is 2.78 bits per heavy atom. The smallest absolute Gasteiger partial charge is 0.263 e. The van der Waals surface area contributed by atoms with Crippen molar-refractivity contribution in [3.8, 4) is 5.75 Å². The van der Waals surface area contributed by atoms with Gasteiger partial charge in [0.15, 0.2) is 0 Å². The molecular weight excluding hydrogens is 306 g/mol. The van der Waals surface area contributed by atoms with E-state index >= 15 is 0 Å². The summed E-state index contributed by atoms with van der Waals surface area (Å²) in [5.41, 5.74) is 2.49. The molecule has 2 aromatic rings. The zero-order valence-electron chi connectivity index (χ0n) is 14.0. The molecule has 0 saturated heterocycles. The Balaban J connectivity index is 1.69. The number of carbonyl (C=O) groups is 1. The number of methoxy groups -OCH3 is 1. The summed E-state index contributed by atoms with van der Waals surface area (Å²) in [5, 5.41) is 0. The average Bonchev–Trinajstić information content (AvgIpc) is 2.97. The lowest BCUT2D eigenvalue weighted by molar-refractivity contribution is 0.0790. The van der Waals surface area contributed by atoms with Crippen LogP contribution < -0.4 is 4.74 Å². The molecule has 3 nitrogen and oxygen atoms in total. The van der Waals surface area contributed by atoms with Crippen LogP contribution in [-0.2, 0) is 19.4 Å². The van der Waals surface area contributed by atoms with Crippen LogP contribution in [-0.4, -0.2) is 25.0 Å². The lowest BCUT2D eigenvalue weighted by atomic mass is 9.90. The largest absolute Gasteiger partial charge is 0.497 e. The second kappa shape index (κ2) is 6.75. The van der Waals surface area contributed by atoms with Crippen LogP contribution in [0.3, 0.4) is 0 Å². The van der Waals surface area contributed by atoms with Gasteiger partial charge in [-0.05, 0) is 54.5 Å². The summed E-state index contributed by atoms with van der Waals surface area (Å²) < 4.78 is 5.17. The molecule has 0 aliphatic heterocycles. The maximum absolute atomic E-state index is 12.7. The number of thiophene rings is 1. The second-order valence-electron chi connectivity index (χ2n) is 6.42. The lowest BCUT2D eigenvalue weighted by Gasteiger charge is -2.16. The minimum Gasteiger partial charge on any atom is -0.497 e. The van der Waals surface area contributed by atoms with E-state index in [9.17, 15) is 4.79 Å². The number of benzene rings is 1. The number of ether oxygens (including phenoxy) is 1. The minimum atomic E-state index is 0.118. The monoisotopic (exact) mass is 329 g/mol. The highest BCUT2D eigenvalue weighted by molar-refractivity contribution is 7.14. The highest BCUT2D eigenvalue weighted by atomic mass is 32.1. The molecule has 0 N–H and O–H groups in total. The summed E-state index contributed by atoms with van der Waals surface area (Å²) in [5.74, 6) is 1.69. The normalized spacial score (nSPS) is 16.7. The van der Waals surface area contributed by atoms with Gasteiger partial charge in [-0.15, -0.1) is 11.3 Å². The standard InChI is InChI=1S/C19H23NO2S/c1-13-4-9-17-15(10-13)11-18(23-17)19(21)20(2)12-14-5-7-16(22-3)8-6-14/h5-8,11,13H,4,9-10,12H2,1-3H3. The summed E-state index contributed by atoms with van der Waals surface area (Å²) in [6, 6.07) is 9.98. The number of amides is 1. The van der Waals surface area contributed by atoms with Crippen LogP contribution in [0.2, 0.25) is 0 Å². The third-order valence-corrected chi connectivity index (χ3v) is 5.69. The van der Waals surface area contributed by atoms with Crippen LogP contribution >= 0.6 is 11.3 Å². The van der Waals surface area contributed by atoms with Gasteiger partial charge in [0.25, 0.3) is 5.91 Å². The Kier molecular flexibility index (Phi) is 4.71. The topological polar surface area (TPSA) is 29.5 Å². The highest BCUT2D eigenvalue weighted by Gasteiger charge is 2.22. The predicted octanol–water partition coefficient (Wildman–Crippen LogP) is 4.15. The molecule has 1 aliphatic rings. The molecule has 3 rings (SSSR count). The van der Waals surface area contributed by atoms with Crippen molar-refractivity contribution in [2.75, 3.05) is 14.2 Å². The molecule has 1 aromatic carbocycles. The van der Waals surface area contributed by atoms with Crippen molar-refractivity contribution in [2.45, 2.75) is 32.7 Å². The number of fused-ring (bicyclic) bond motifs is 1. The maximum atomic E-state index is 12.7. The molecule has 0 bridgehead atoms. The highest BCUT2D eigenvalue weighted by Crippen LogP contribution is 2.32. The Hall–Kier alpha value is -1.81. The summed E-state index contributed by atoms with van der Waals surface area (Å²) in [7, 11) is 3.53. The molecule has 0 fully saturated rings. The molecule has 1 aromatic heterocycles. The minimum absolute atomic E-state index is 0.118. The molecule has 1 amide bonds. The van der Waals surface area contributed by atoms with Gasteiger partial charge < -0.3 is 9.64 Å². The fourth-order valence-electron chi connectivity index (χ4n) is 3.08. The summed E-state index contributed by atoms with van der Waals surface area (Å²) in [4.78, 5) is 16.8. The van der Waals surface area contributed by atoms with E-state index in [1.807, 2.05) is 31.3 Å². The third kappa shape index (κ3) is 3.58. The average molecular weight is 329 g/mol. The first kappa shape index (κ1) is 16.1. The molecule has 1 aliphatic carbocycles. The van der Waals surface area contributed by atoms with Crippen LogP contribution in [0, 0.1) is 5.92 Å². The molecule has 1 heterocycles. The van der Waals surface area contributed by atoms with Crippen molar-refractivity contribution in [2.24, 2.45) is 5.92 Å². The fraction of sp³-hybridized carbons (Fsp3) is 0.421. The van der Waals surface area contributed by atoms with E-state index in [2.05, 4.69) is 13.0 Å². The van der Waals surface area contributed by atoms with Crippen LogP contribution in [0.1, 0.15) is 39.0 Å². The molecule has 0 radical (unpaired) electrons. The van der Waals surface area contributed by atoms with E-state index in [4.69, 9.17) is 4.74 Å². The van der Waals surface area contributed by atoms with Crippen molar-refractivity contribution >= 4 is 17.2 Å². The quantitative estimate of drug-likeness (QED) is 0.843. The van der Waals surface area contributed by atoms with E-state index in [1.165, 1.54) is 16.9 Å². The van der Waals surface area contributed by atoms with E-state index in [0.717, 1.165) is 34.9 Å². The Bertz CT molecular complexity index is 690. The molecule has 4 heteroatoms. The molecule has 1 unspecified atom stereocenters. The first-order valence-corrected chi connectivity index (χ1v) is 8.88. The van der Waals surface area contributed by atoms with Crippen molar-refractivity contribution in [3.63, 3.8) is 0 Å². The van der Waals surface area contributed by atoms with Crippen molar-refractivity contribution in [3.05, 3.63) is 51.2 Å². The SMILES string of the molecule is COc1ccc(CN(C)C(=O)c2cc3c(s2)CCC(C)C3)cc1. The number of aryl methyl sites for hydroxylation is 1. The van der Waals surface area contributed by atoms with Gasteiger partial charge in [-0.25, -0.2) is 0 Å². The first-order valence-electron chi connectivity index (χ1n) is 8.07. The van der Waals surface area contributed by atoms with Crippen LogP contribution in [0.25, 0.3) is 0 Å². The van der Waals surface area contributed by atoms with Crippen molar-refractivity contribution < 1.29 is 9.53 Å². The first-order chi connectivity index (χ1) is 11.1. The summed E-state index contributed by atoms with van der Waals surface area (Å²) in [6.45, 7) is 2.90. The van der Waals surface area contributed by atoms with Crippen LogP contribution in [0.15, 0.2) is 30.3 Å². The van der Waals surface area contributed by atoms with Crippen LogP contribution in [0.4, 0.5) is 0 Å². The molecule has 23 heavy (non-hydrogen) atoms. The lowest BCUT2D eigenvalue weighted by Crippen LogP contribution is -2.25. The number of hydrogen-bond donors (Lipinski definition) is 0. The van der Waals surface area contributed by atoms with E-state index < -0.39 is 0 Å². The van der Waals surface area contributed by atoms with Gasteiger partial charge in [0.2, 0.25) is 0 Å². The van der Waals surface area contributed by atoms with Gasteiger partial charge >= 0.3 is 0 Å². The number of carbonyl (C=O) groups excluding carboxylic acids is 1. The molecule has 0 saturated carbocycles. The summed E-state index contributed by atoms with van der Waals surface area (Å²) in [6.07, 6.45) is 3.47. The van der Waals surface area contributed by atoms with Gasteiger partial charge in [-0.3, -0.25) is 4.79 Å². The number of rotatable bonds is 4. The molecule has 1 atom stereocenters. The molecule has 122 valence electrons. The third-order valence-electron chi connectivity index (χ3n) is 4.47. The second-order valence-corrected chi connectivity index (χ2v) is 7.55. The number of nitrogens with zero attached hydrogens (tertiary/aromatic N) is 1. The van der Waals surface area contributed by atoms with Crippen molar-refractivity contribution in [1.82, 2.24) is 4.90 Å². The molecule has 0 spiro atoms. The Labute approximate surface area is 141 Å². The van der Waals surface area contributed by atoms with Crippen molar-refractivity contribution in [1.29, 1.82) is 0 Å². The summed E-state index contributed by atoms with van der Waals surface area (Å²) >= 11 is 1.68. The van der Waals surface area contributed by atoms with Gasteiger partial charge in [-0.1, -0.05) is 19.1 Å². The van der Waals surface area contributed by atoms with Crippen LogP contribution in [0.5, 0.6) is 5.75 Å². The van der Waals surface area contributed by atoms with Gasteiger partial charge in [0, 0.05) is 18.5 Å². The zero-order chi connectivity index (χ0) is 16.4. The number of hydrogen-bond acceptors (Lipinski definition) is 3. The zero-order valence-corrected chi connectivity index (χ0v) is 14.8. The van der Waals surface area contributed by atoms with Gasteiger partial charge in [-0.2, -0.15) is 0 Å².